The minimum Gasteiger partial charge on any atom is -0.449 e. The molecule has 0 spiro atoms. The fraction of sp³-hybridized carbons (Fsp3) is 0.571. The van der Waals surface area contributed by atoms with Gasteiger partial charge in [0.25, 0.3) is 5.91 Å². The highest BCUT2D eigenvalue weighted by atomic mass is 16.5. The largest absolute Gasteiger partial charge is 0.449 e. The molecule has 6 nitrogen and oxygen atoms in total. The second-order valence-corrected chi connectivity index (χ2v) is 7.62. The Kier molecular flexibility index (Phi) is 6.14. The SMILES string of the molecule is C[C@@H]1CCCC[C@@H]1NC(=O)[C@@H](C)OC(=O)c1ccc(N2CCCC2=O)cc1. The van der Waals surface area contributed by atoms with Gasteiger partial charge in [-0.25, -0.2) is 4.79 Å². The zero-order chi connectivity index (χ0) is 19.4. The molecule has 27 heavy (non-hydrogen) atoms. The van der Waals surface area contributed by atoms with Gasteiger partial charge < -0.3 is 15.0 Å². The lowest BCUT2D eigenvalue weighted by molar-refractivity contribution is -0.130. The van der Waals surface area contributed by atoms with E-state index >= 15 is 0 Å². The number of carbonyl (C=O) groups excluding carboxylic acids is 3. The van der Waals surface area contributed by atoms with Crippen LogP contribution in [-0.4, -0.2) is 36.5 Å². The summed E-state index contributed by atoms with van der Waals surface area (Å²) in [5.41, 5.74) is 1.15. The van der Waals surface area contributed by atoms with E-state index in [-0.39, 0.29) is 17.9 Å². The monoisotopic (exact) mass is 372 g/mol. The van der Waals surface area contributed by atoms with Crippen molar-refractivity contribution < 1.29 is 19.1 Å². The third-order valence-electron chi connectivity index (χ3n) is 5.58. The van der Waals surface area contributed by atoms with Crippen LogP contribution in [0.2, 0.25) is 0 Å². The number of ether oxygens (including phenoxy) is 1. The van der Waals surface area contributed by atoms with Gasteiger partial charge in [0, 0.05) is 24.7 Å². The Morgan fingerprint density at radius 2 is 1.85 bits per heavy atom. The average Bonchev–Trinajstić information content (AvgIpc) is 3.09. The maximum atomic E-state index is 12.4. The molecule has 1 aliphatic carbocycles. The smallest absolute Gasteiger partial charge is 0.338 e. The van der Waals surface area contributed by atoms with E-state index in [1.165, 1.54) is 6.42 Å². The molecule has 2 amide bonds. The van der Waals surface area contributed by atoms with Crippen LogP contribution >= 0.6 is 0 Å². The van der Waals surface area contributed by atoms with Crippen molar-refractivity contribution in [2.24, 2.45) is 5.92 Å². The first-order valence-electron chi connectivity index (χ1n) is 9.87. The number of nitrogens with one attached hydrogen (secondary N) is 1. The molecule has 1 heterocycles. The van der Waals surface area contributed by atoms with Gasteiger partial charge in [-0.15, -0.1) is 0 Å². The van der Waals surface area contributed by atoms with Crippen LogP contribution in [0.4, 0.5) is 5.69 Å². The van der Waals surface area contributed by atoms with Gasteiger partial charge in [0.1, 0.15) is 0 Å². The minimum absolute atomic E-state index is 0.104. The molecule has 0 radical (unpaired) electrons. The summed E-state index contributed by atoms with van der Waals surface area (Å²) in [6.07, 6.45) is 5.00. The van der Waals surface area contributed by atoms with Crippen LogP contribution in [0.3, 0.4) is 0 Å². The molecule has 0 unspecified atom stereocenters. The highest BCUT2D eigenvalue weighted by Crippen LogP contribution is 2.24. The molecular formula is C21H28N2O4. The molecule has 0 aromatic heterocycles. The fourth-order valence-electron chi connectivity index (χ4n) is 3.81. The van der Waals surface area contributed by atoms with Crippen molar-refractivity contribution >= 4 is 23.5 Å². The third-order valence-corrected chi connectivity index (χ3v) is 5.58. The number of benzene rings is 1. The van der Waals surface area contributed by atoms with Crippen molar-refractivity contribution in [3.8, 4) is 0 Å². The van der Waals surface area contributed by atoms with Crippen LogP contribution in [-0.2, 0) is 14.3 Å². The highest BCUT2D eigenvalue weighted by Gasteiger charge is 2.27. The number of anilines is 1. The predicted octanol–water partition coefficient (Wildman–Crippen LogP) is 3.05. The Labute approximate surface area is 160 Å². The third kappa shape index (κ3) is 4.67. The summed E-state index contributed by atoms with van der Waals surface area (Å²) >= 11 is 0. The van der Waals surface area contributed by atoms with Crippen LogP contribution < -0.4 is 10.2 Å². The Morgan fingerprint density at radius 3 is 2.48 bits per heavy atom. The van der Waals surface area contributed by atoms with E-state index in [4.69, 9.17) is 4.74 Å². The Hall–Kier alpha value is -2.37. The van der Waals surface area contributed by atoms with Gasteiger partial charge in [0.15, 0.2) is 6.10 Å². The Bertz CT molecular complexity index is 701. The number of hydrogen-bond acceptors (Lipinski definition) is 4. The molecule has 1 N–H and O–H groups in total. The molecule has 1 saturated carbocycles. The lowest BCUT2D eigenvalue weighted by atomic mass is 9.86. The van der Waals surface area contributed by atoms with Gasteiger partial charge in [-0.1, -0.05) is 19.8 Å². The normalized spacial score (nSPS) is 23.8. The first-order chi connectivity index (χ1) is 13.0. The van der Waals surface area contributed by atoms with Gasteiger partial charge in [0.2, 0.25) is 5.91 Å². The molecule has 2 aliphatic rings. The molecule has 2 fully saturated rings. The van der Waals surface area contributed by atoms with Crippen LogP contribution in [0.15, 0.2) is 24.3 Å². The van der Waals surface area contributed by atoms with Crippen molar-refractivity contribution in [1.82, 2.24) is 5.32 Å². The van der Waals surface area contributed by atoms with E-state index in [1.807, 2.05) is 0 Å². The highest BCUT2D eigenvalue weighted by molar-refractivity contribution is 5.96. The number of carbonyl (C=O) groups is 3. The number of rotatable bonds is 5. The fourth-order valence-corrected chi connectivity index (χ4v) is 3.81. The second kappa shape index (κ2) is 8.55. The molecular weight excluding hydrogens is 344 g/mol. The van der Waals surface area contributed by atoms with Gasteiger partial charge in [-0.2, -0.15) is 0 Å². The van der Waals surface area contributed by atoms with E-state index in [0.717, 1.165) is 31.4 Å². The number of amides is 2. The van der Waals surface area contributed by atoms with E-state index < -0.39 is 12.1 Å². The Balaban J connectivity index is 1.54. The standard InChI is InChI=1S/C21H28N2O4/c1-14-6-3-4-7-18(14)22-20(25)15(2)27-21(26)16-9-11-17(12-10-16)23-13-5-8-19(23)24/h9-12,14-15,18H,3-8,13H2,1-2H3,(H,22,25)/t14-,15-,18+/m1/s1. The number of hydrogen-bond donors (Lipinski definition) is 1. The molecule has 1 saturated heterocycles. The molecule has 3 rings (SSSR count). The molecule has 1 aliphatic heterocycles. The van der Waals surface area contributed by atoms with Crippen molar-refractivity contribution in [2.75, 3.05) is 11.4 Å². The number of esters is 1. The first kappa shape index (κ1) is 19.4. The van der Waals surface area contributed by atoms with Crippen molar-refractivity contribution in [3.05, 3.63) is 29.8 Å². The van der Waals surface area contributed by atoms with Crippen molar-refractivity contribution in [1.29, 1.82) is 0 Å². The molecule has 6 heteroatoms. The van der Waals surface area contributed by atoms with E-state index in [0.29, 0.717) is 24.4 Å². The summed E-state index contributed by atoms with van der Waals surface area (Å²) in [4.78, 5) is 38.2. The predicted molar refractivity (Wildman–Crippen MR) is 102 cm³/mol. The minimum atomic E-state index is -0.841. The van der Waals surface area contributed by atoms with Crippen molar-refractivity contribution in [3.63, 3.8) is 0 Å². The zero-order valence-electron chi connectivity index (χ0n) is 16.1. The summed E-state index contributed by atoms with van der Waals surface area (Å²) in [6.45, 7) is 4.45. The van der Waals surface area contributed by atoms with Crippen LogP contribution in [0.5, 0.6) is 0 Å². The summed E-state index contributed by atoms with van der Waals surface area (Å²) in [5.74, 6) is -0.228. The van der Waals surface area contributed by atoms with Crippen LogP contribution in [0, 0.1) is 5.92 Å². The summed E-state index contributed by atoms with van der Waals surface area (Å²) in [7, 11) is 0. The average molecular weight is 372 g/mol. The molecule has 146 valence electrons. The summed E-state index contributed by atoms with van der Waals surface area (Å²) in [6, 6.07) is 6.92. The van der Waals surface area contributed by atoms with Gasteiger partial charge in [-0.3, -0.25) is 9.59 Å². The van der Waals surface area contributed by atoms with Crippen LogP contribution in [0.1, 0.15) is 62.7 Å². The summed E-state index contributed by atoms with van der Waals surface area (Å²) < 4.78 is 5.33. The van der Waals surface area contributed by atoms with Gasteiger partial charge >= 0.3 is 5.97 Å². The van der Waals surface area contributed by atoms with E-state index in [9.17, 15) is 14.4 Å². The molecule has 1 aromatic carbocycles. The quantitative estimate of drug-likeness (QED) is 0.806. The van der Waals surface area contributed by atoms with E-state index in [1.54, 1.807) is 36.1 Å². The summed E-state index contributed by atoms with van der Waals surface area (Å²) in [5, 5.41) is 3.02. The lowest BCUT2D eigenvalue weighted by Crippen LogP contribution is -2.45. The lowest BCUT2D eigenvalue weighted by Gasteiger charge is -2.30. The molecule has 0 bridgehead atoms. The molecule has 3 atom stereocenters. The Morgan fingerprint density at radius 1 is 1.15 bits per heavy atom. The number of nitrogens with zero attached hydrogens (tertiary/aromatic N) is 1. The van der Waals surface area contributed by atoms with Crippen LogP contribution in [0.25, 0.3) is 0 Å². The second-order valence-electron chi connectivity index (χ2n) is 7.62. The van der Waals surface area contributed by atoms with Crippen molar-refractivity contribution in [2.45, 2.75) is 64.5 Å². The zero-order valence-corrected chi connectivity index (χ0v) is 16.1. The topological polar surface area (TPSA) is 75.7 Å². The first-order valence-corrected chi connectivity index (χ1v) is 9.87. The van der Waals surface area contributed by atoms with Gasteiger partial charge in [0.05, 0.1) is 5.56 Å². The maximum Gasteiger partial charge on any atom is 0.338 e. The maximum absolute atomic E-state index is 12.4. The van der Waals surface area contributed by atoms with E-state index in [2.05, 4.69) is 12.2 Å². The molecule has 1 aromatic rings. The van der Waals surface area contributed by atoms with Gasteiger partial charge in [-0.05, 0) is 56.4 Å².